The van der Waals surface area contributed by atoms with Crippen molar-refractivity contribution in [2.24, 2.45) is 0 Å². The van der Waals surface area contributed by atoms with Gasteiger partial charge >= 0.3 is 17.6 Å². The molecular weight excluding hydrogens is 276 g/mol. The van der Waals surface area contributed by atoms with Gasteiger partial charge in [-0.2, -0.15) is 0 Å². The predicted molar refractivity (Wildman–Crippen MR) is 73.7 cm³/mol. The van der Waals surface area contributed by atoms with Crippen LogP contribution >= 0.6 is 0 Å². The Morgan fingerprint density at radius 3 is 2.00 bits per heavy atom. The molecule has 2 aromatic rings. The first kappa shape index (κ1) is 14.2. The first-order valence-corrected chi connectivity index (χ1v) is 5.89. The molecule has 0 saturated carbocycles. The molecule has 0 bridgehead atoms. The van der Waals surface area contributed by atoms with Crippen LogP contribution in [0, 0.1) is 4.91 Å². The molecule has 0 spiro atoms. The standard InChI is InChI=1S/C14H10N2O5/c17-13(18)9-5-1-3-7-11(9)15-16(21)12-8-4-2-6-10(12)14(19)20/h1-8H,(H2-,15,17,18,19,20,21)/p+1. The van der Waals surface area contributed by atoms with Crippen molar-refractivity contribution < 1.29 is 24.7 Å². The van der Waals surface area contributed by atoms with Gasteiger partial charge in [-0.15, -0.1) is 5.43 Å². The van der Waals surface area contributed by atoms with Crippen molar-refractivity contribution in [3.8, 4) is 0 Å². The molecule has 2 aromatic carbocycles. The van der Waals surface area contributed by atoms with Gasteiger partial charge in [0.25, 0.3) is 0 Å². The van der Waals surface area contributed by atoms with E-state index in [-0.39, 0.29) is 27.4 Å². The summed E-state index contributed by atoms with van der Waals surface area (Å²) in [6, 6.07) is 11.4. The predicted octanol–water partition coefficient (Wildman–Crippen LogP) is 2.52. The van der Waals surface area contributed by atoms with Crippen molar-refractivity contribution in [2.75, 3.05) is 5.43 Å². The molecule has 0 atom stereocenters. The summed E-state index contributed by atoms with van der Waals surface area (Å²) < 4.78 is 0. The number of nitrogens with one attached hydrogen (secondary N) is 1. The van der Waals surface area contributed by atoms with Crippen LogP contribution in [0.2, 0.25) is 0 Å². The molecule has 0 aliphatic rings. The van der Waals surface area contributed by atoms with Crippen LogP contribution < -0.4 is 5.43 Å². The number of nitrogens with zero attached hydrogens (tertiary/aromatic N) is 1. The van der Waals surface area contributed by atoms with E-state index in [1.54, 1.807) is 6.07 Å². The number of carboxylic acids is 2. The number of anilines is 1. The van der Waals surface area contributed by atoms with Crippen LogP contribution in [0.15, 0.2) is 48.5 Å². The number of rotatable bonds is 5. The van der Waals surface area contributed by atoms with Crippen molar-refractivity contribution in [3.63, 3.8) is 0 Å². The summed E-state index contributed by atoms with van der Waals surface area (Å²) >= 11 is 0. The number of benzene rings is 2. The van der Waals surface area contributed by atoms with E-state index >= 15 is 0 Å². The maximum absolute atomic E-state index is 12.1. The average Bonchev–Trinajstić information content (AvgIpc) is 2.47. The molecule has 0 aliphatic heterocycles. The third-order valence-electron chi connectivity index (χ3n) is 2.73. The molecule has 0 unspecified atom stereocenters. The lowest BCUT2D eigenvalue weighted by Crippen LogP contribution is -2.16. The Morgan fingerprint density at radius 2 is 1.38 bits per heavy atom. The Bertz CT molecular complexity index is 727. The molecule has 3 N–H and O–H groups in total. The highest BCUT2D eigenvalue weighted by atomic mass is 16.4. The largest absolute Gasteiger partial charge is 0.478 e. The minimum atomic E-state index is -1.25. The number of hydrogen-bond acceptors (Lipinski definition) is 3. The van der Waals surface area contributed by atoms with E-state index in [0.29, 0.717) is 0 Å². The Balaban J connectivity index is 2.36. The molecule has 2 rings (SSSR count). The Morgan fingerprint density at radius 1 is 0.857 bits per heavy atom. The lowest BCUT2D eigenvalue weighted by Gasteiger charge is -2.03. The van der Waals surface area contributed by atoms with Gasteiger partial charge in [0.15, 0.2) is 4.87 Å². The zero-order valence-corrected chi connectivity index (χ0v) is 10.7. The van der Waals surface area contributed by atoms with Crippen LogP contribution in [0.4, 0.5) is 11.4 Å². The van der Waals surface area contributed by atoms with Crippen molar-refractivity contribution in [1.82, 2.24) is 0 Å². The Labute approximate surface area is 119 Å². The molecular formula is C14H11N2O5+. The molecule has 21 heavy (non-hydrogen) atoms. The summed E-state index contributed by atoms with van der Waals surface area (Å²) in [7, 11) is 0. The fraction of sp³-hybridized carbons (Fsp3) is 0. The quantitative estimate of drug-likeness (QED) is 0.576. The van der Waals surface area contributed by atoms with Crippen LogP contribution in [-0.4, -0.2) is 27.0 Å². The van der Waals surface area contributed by atoms with Crippen molar-refractivity contribution in [2.45, 2.75) is 0 Å². The third-order valence-corrected chi connectivity index (χ3v) is 2.73. The van der Waals surface area contributed by atoms with Crippen LogP contribution in [-0.2, 0) is 0 Å². The molecule has 0 amide bonds. The summed E-state index contributed by atoms with van der Waals surface area (Å²) in [4.78, 5) is 34.4. The number of aromatic carboxylic acids is 2. The van der Waals surface area contributed by atoms with Gasteiger partial charge in [0.2, 0.25) is 0 Å². The fourth-order valence-corrected chi connectivity index (χ4v) is 1.77. The van der Waals surface area contributed by atoms with Gasteiger partial charge in [-0.3, -0.25) is 0 Å². The molecule has 0 heterocycles. The van der Waals surface area contributed by atoms with E-state index in [4.69, 9.17) is 10.2 Å². The van der Waals surface area contributed by atoms with Crippen molar-refractivity contribution in [3.05, 3.63) is 64.6 Å². The van der Waals surface area contributed by atoms with Gasteiger partial charge in [0.05, 0.1) is 10.5 Å². The van der Waals surface area contributed by atoms with Gasteiger partial charge in [-0.1, -0.05) is 24.3 Å². The number of nitroso groups, excluding NO2 is 1. The lowest BCUT2D eigenvalue weighted by molar-refractivity contribution is -0.428. The SMILES string of the molecule is O=C(O)c1ccccc1N[N+](=O)c1ccccc1C(=O)O. The second-order valence-electron chi connectivity index (χ2n) is 4.08. The highest BCUT2D eigenvalue weighted by Crippen LogP contribution is 2.21. The minimum Gasteiger partial charge on any atom is -0.478 e. The lowest BCUT2D eigenvalue weighted by atomic mass is 10.2. The summed E-state index contributed by atoms with van der Waals surface area (Å²) in [5.74, 6) is -2.45. The molecule has 106 valence electrons. The molecule has 0 aliphatic carbocycles. The number of carboxylic acid groups (broad SMARTS) is 2. The molecule has 7 heteroatoms. The molecule has 0 saturated heterocycles. The Kier molecular flexibility index (Phi) is 3.94. The number of para-hydroxylation sites is 2. The van der Waals surface area contributed by atoms with E-state index in [0.717, 1.165) is 0 Å². The maximum Gasteiger partial charge on any atom is 0.342 e. The van der Waals surface area contributed by atoms with Crippen molar-refractivity contribution >= 4 is 23.3 Å². The normalized spacial score (nSPS) is 9.90. The molecule has 0 aromatic heterocycles. The van der Waals surface area contributed by atoms with E-state index in [2.05, 4.69) is 5.43 Å². The second kappa shape index (κ2) is 5.83. The van der Waals surface area contributed by atoms with Crippen LogP contribution in [0.5, 0.6) is 0 Å². The topological polar surface area (TPSA) is 107 Å². The van der Waals surface area contributed by atoms with Gasteiger partial charge in [-0.05, 0) is 18.2 Å². The van der Waals surface area contributed by atoms with E-state index in [9.17, 15) is 14.5 Å². The van der Waals surface area contributed by atoms with Crippen LogP contribution in [0.1, 0.15) is 20.7 Å². The van der Waals surface area contributed by atoms with Gasteiger partial charge in [0, 0.05) is 6.07 Å². The second-order valence-corrected chi connectivity index (χ2v) is 4.08. The summed E-state index contributed by atoms with van der Waals surface area (Å²) in [5.41, 5.74) is 2.01. The van der Waals surface area contributed by atoms with Crippen molar-refractivity contribution in [1.29, 1.82) is 0 Å². The summed E-state index contributed by atoms with van der Waals surface area (Å²) in [6.45, 7) is 0. The van der Waals surface area contributed by atoms with Gasteiger partial charge < -0.3 is 10.2 Å². The van der Waals surface area contributed by atoms with Crippen LogP contribution in [0.3, 0.4) is 0 Å². The Hall–Kier alpha value is -3.22. The molecule has 0 radical (unpaired) electrons. The number of carbonyl (C=O) groups is 2. The average molecular weight is 287 g/mol. The molecule has 7 nitrogen and oxygen atoms in total. The maximum atomic E-state index is 12.1. The molecule has 0 fully saturated rings. The zero-order chi connectivity index (χ0) is 15.4. The third kappa shape index (κ3) is 3.03. The van der Waals surface area contributed by atoms with E-state index in [1.165, 1.54) is 42.5 Å². The highest BCUT2D eigenvalue weighted by Gasteiger charge is 2.25. The minimum absolute atomic E-state index is 0.0696. The highest BCUT2D eigenvalue weighted by molar-refractivity contribution is 5.94. The van der Waals surface area contributed by atoms with E-state index < -0.39 is 11.9 Å². The summed E-state index contributed by atoms with van der Waals surface area (Å²) in [6.07, 6.45) is 0. The smallest absolute Gasteiger partial charge is 0.342 e. The first-order valence-electron chi connectivity index (χ1n) is 5.89. The number of hydrogen-bond donors (Lipinski definition) is 3. The number of hydrazine groups is 1. The fourth-order valence-electron chi connectivity index (χ4n) is 1.77. The monoisotopic (exact) mass is 287 g/mol. The zero-order valence-electron chi connectivity index (χ0n) is 10.7. The van der Waals surface area contributed by atoms with Gasteiger partial charge in [-0.25, -0.2) is 9.59 Å². The first-order chi connectivity index (χ1) is 10.0. The van der Waals surface area contributed by atoms with Gasteiger partial charge in [0.1, 0.15) is 11.3 Å². The summed E-state index contributed by atoms with van der Waals surface area (Å²) in [5, 5.41) is 18.1. The van der Waals surface area contributed by atoms with E-state index in [1.807, 2.05) is 0 Å². The van der Waals surface area contributed by atoms with Crippen LogP contribution in [0.25, 0.3) is 0 Å².